The lowest BCUT2D eigenvalue weighted by atomic mass is 10.3. The predicted octanol–water partition coefficient (Wildman–Crippen LogP) is 1.29. The number of nitrogens with one attached hydrogen (secondary N) is 3. The summed E-state index contributed by atoms with van der Waals surface area (Å²) in [4.78, 5) is 23.3. The molecule has 180 valence electrons. The molecule has 32 heavy (non-hydrogen) atoms. The number of hydrogen-bond donors (Lipinski definition) is 3. The maximum Gasteiger partial charge on any atom is 0.405 e. The predicted molar refractivity (Wildman–Crippen MR) is 108 cm³/mol. The highest BCUT2D eigenvalue weighted by molar-refractivity contribution is 7.89. The summed E-state index contributed by atoms with van der Waals surface area (Å²) in [5, 5.41) is 5.92. The van der Waals surface area contributed by atoms with Crippen LogP contribution in [0.4, 0.5) is 23.7 Å². The van der Waals surface area contributed by atoms with Gasteiger partial charge in [0.25, 0.3) is 0 Å². The van der Waals surface area contributed by atoms with Gasteiger partial charge in [-0.15, -0.1) is 0 Å². The lowest BCUT2D eigenvalue weighted by molar-refractivity contribution is -0.124. The summed E-state index contributed by atoms with van der Waals surface area (Å²) < 4.78 is 74.2. The third kappa shape index (κ3) is 7.84. The Kier molecular flexibility index (Phi) is 8.69. The number of anilines is 1. The van der Waals surface area contributed by atoms with Gasteiger partial charge in [-0.05, 0) is 32.0 Å². The van der Waals surface area contributed by atoms with Crippen molar-refractivity contribution in [2.45, 2.75) is 31.0 Å². The topological polar surface area (TPSA) is 126 Å². The van der Waals surface area contributed by atoms with Crippen molar-refractivity contribution in [2.24, 2.45) is 0 Å². The number of carbonyl (C=O) groups excluding carboxylic acids is 2. The monoisotopic (exact) mass is 482 g/mol. The van der Waals surface area contributed by atoms with Crippen LogP contribution in [0.1, 0.15) is 13.8 Å². The smallest absolute Gasteiger partial charge is 0.405 e. The van der Waals surface area contributed by atoms with Crippen molar-refractivity contribution in [3.05, 3.63) is 18.2 Å². The van der Waals surface area contributed by atoms with Crippen molar-refractivity contribution < 1.29 is 40.7 Å². The molecule has 1 aliphatic rings. The normalized spacial score (nSPS) is 15.3. The molecule has 1 aromatic rings. The highest BCUT2D eigenvalue weighted by Gasteiger charge is 2.29. The summed E-state index contributed by atoms with van der Waals surface area (Å²) in [5.41, 5.74) is 0.166. The van der Waals surface area contributed by atoms with Crippen LogP contribution in [0.25, 0.3) is 0 Å². The van der Waals surface area contributed by atoms with E-state index in [0.29, 0.717) is 0 Å². The first-order chi connectivity index (χ1) is 14.9. The number of alkyl halides is 3. The highest BCUT2D eigenvalue weighted by Crippen LogP contribution is 2.30. The summed E-state index contributed by atoms with van der Waals surface area (Å²) in [6, 6.07) is 2.79. The average molecular weight is 482 g/mol. The first-order valence-electron chi connectivity index (χ1n) is 9.65. The van der Waals surface area contributed by atoms with E-state index in [9.17, 15) is 31.2 Å². The van der Waals surface area contributed by atoms with Crippen LogP contribution < -0.4 is 20.7 Å². The van der Waals surface area contributed by atoms with Crippen LogP contribution in [-0.4, -0.2) is 76.3 Å². The lowest BCUT2D eigenvalue weighted by Gasteiger charge is -2.26. The molecule has 0 aromatic heterocycles. The second kappa shape index (κ2) is 10.8. The van der Waals surface area contributed by atoms with Crippen LogP contribution in [0.3, 0.4) is 0 Å². The Bertz CT molecular complexity index is 918. The minimum Gasteiger partial charge on any atom is -0.489 e. The van der Waals surface area contributed by atoms with Gasteiger partial charge in [-0.1, -0.05) is 0 Å². The lowest BCUT2D eigenvalue weighted by Crippen LogP contribution is -2.45. The number of hydrogen-bond acceptors (Lipinski definition) is 7. The number of urea groups is 1. The molecule has 3 amide bonds. The standard InChI is InChI=1S/C18H25F3N4O6S/c1-12(2)31-15-4-3-13(32(28,29)25-5-7-30-8-6-25)9-14(15)22-10-16(26)24-17(27)23-11-18(19,20)21/h3-4,9,12,22H,5-8,10-11H2,1-2H3,(H2,23,24,26,27). The van der Waals surface area contributed by atoms with Gasteiger partial charge in [0.05, 0.1) is 36.4 Å². The van der Waals surface area contributed by atoms with E-state index in [1.807, 2.05) is 0 Å². The fraction of sp³-hybridized carbons (Fsp3) is 0.556. The number of amides is 3. The molecule has 2 rings (SSSR count). The van der Waals surface area contributed by atoms with Crippen molar-refractivity contribution in [3.63, 3.8) is 0 Å². The maximum absolute atomic E-state index is 12.9. The SMILES string of the molecule is CC(C)Oc1ccc(S(=O)(=O)N2CCOCC2)cc1NCC(=O)NC(=O)NCC(F)(F)F. The highest BCUT2D eigenvalue weighted by atomic mass is 32.2. The molecular formula is C18H25F3N4O6S. The Morgan fingerprint density at radius 1 is 1.22 bits per heavy atom. The van der Waals surface area contributed by atoms with E-state index in [1.165, 1.54) is 27.8 Å². The van der Waals surface area contributed by atoms with Crippen molar-refractivity contribution in [1.29, 1.82) is 0 Å². The van der Waals surface area contributed by atoms with Gasteiger partial charge in [-0.2, -0.15) is 17.5 Å². The molecule has 1 heterocycles. The number of imide groups is 1. The molecule has 0 aliphatic carbocycles. The summed E-state index contributed by atoms with van der Waals surface area (Å²) in [6.07, 6.45) is -4.88. The Hall–Kier alpha value is -2.58. The van der Waals surface area contributed by atoms with Gasteiger partial charge in [0.15, 0.2) is 0 Å². The zero-order valence-electron chi connectivity index (χ0n) is 17.5. The number of ether oxygens (including phenoxy) is 2. The van der Waals surface area contributed by atoms with Gasteiger partial charge in [-0.3, -0.25) is 10.1 Å². The molecule has 0 atom stereocenters. The third-order valence-electron chi connectivity index (χ3n) is 4.06. The van der Waals surface area contributed by atoms with Gasteiger partial charge in [0.1, 0.15) is 12.3 Å². The molecule has 14 heteroatoms. The zero-order chi connectivity index (χ0) is 23.9. The number of nitrogens with zero attached hydrogens (tertiary/aromatic N) is 1. The van der Waals surface area contributed by atoms with E-state index in [2.05, 4.69) is 5.32 Å². The minimum atomic E-state index is -4.62. The van der Waals surface area contributed by atoms with E-state index < -0.39 is 41.2 Å². The number of rotatable bonds is 8. The molecule has 0 radical (unpaired) electrons. The van der Waals surface area contributed by atoms with Crippen LogP contribution in [0, 0.1) is 0 Å². The molecule has 0 spiro atoms. The number of benzene rings is 1. The molecule has 10 nitrogen and oxygen atoms in total. The van der Waals surface area contributed by atoms with Gasteiger partial charge in [0, 0.05) is 13.1 Å². The van der Waals surface area contributed by atoms with Crippen LogP contribution in [0.15, 0.2) is 23.1 Å². The van der Waals surface area contributed by atoms with E-state index >= 15 is 0 Å². The number of halogens is 3. The summed E-state index contributed by atoms with van der Waals surface area (Å²) in [6.45, 7) is 2.34. The molecule has 0 saturated carbocycles. The van der Waals surface area contributed by atoms with Crippen LogP contribution in [0.5, 0.6) is 5.75 Å². The van der Waals surface area contributed by atoms with Crippen molar-refractivity contribution in [1.82, 2.24) is 14.9 Å². The fourth-order valence-corrected chi connectivity index (χ4v) is 4.11. The van der Waals surface area contributed by atoms with Crippen molar-refractivity contribution in [2.75, 3.05) is 44.7 Å². The third-order valence-corrected chi connectivity index (χ3v) is 5.96. The first-order valence-corrected chi connectivity index (χ1v) is 11.1. The molecule has 1 aromatic carbocycles. The second-order valence-electron chi connectivity index (χ2n) is 7.04. The number of morpholine rings is 1. The Morgan fingerprint density at radius 3 is 2.47 bits per heavy atom. The fourth-order valence-electron chi connectivity index (χ4n) is 2.67. The first kappa shape index (κ1) is 25.7. The number of carbonyl (C=O) groups is 2. The molecule has 0 unspecified atom stereocenters. The largest absolute Gasteiger partial charge is 0.489 e. The molecule has 0 bridgehead atoms. The zero-order valence-corrected chi connectivity index (χ0v) is 18.3. The Morgan fingerprint density at radius 2 is 1.88 bits per heavy atom. The minimum absolute atomic E-state index is 0.0404. The van der Waals surface area contributed by atoms with Crippen LogP contribution >= 0.6 is 0 Å². The summed E-state index contributed by atoms with van der Waals surface area (Å²) >= 11 is 0. The molecule has 1 fully saturated rings. The molecule has 1 aliphatic heterocycles. The quantitative estimate of drug-likeness (QED) is 0.510. The molecule has 1 saturated heterocycles. The van der Waals surface area contributed by atoms with Gasteiger partial charge < -0.3 is 20.1 Å². The van der Waals surface area contributed by atoms with Crippen molar-refractivity contribution >= 4 is 27.6 Å². The Balaban J connectivity index is 2.11. The van der Waals surface area contributed by atoms with Gasteiger partial charge >= 0.3 is 12.2 Å². The summed E-state index contributed by atoms with van der Waals surface area (Å²) in [5.74, 6) is -0.670. The van der Waals surface area contributed by atoms with E-state index in [4.69, 9.17) is 9.47 Å². The van der Waals surface area contributed by atoms with E-state index in [1.54, 1.807) is 19.2 Å². The number of sulfonamides is 1. The van der Waals surface area contributed by atoms with Gasteiger partial charge in [0.2, 0.25) is 15.9 Å². The molecule has 3 N–H and O–H groups in total. The van der Waals surface area contributed by atoms with Crippen LogP contribution in [0.2, 0.25) is 0 Å². The maximum atomic E-state index is 12.9. The van der Waals surface area contributed by atoms with Crippen molar-refractivity contribution in [3.8, 4) is 5.75 Å². The van der Waals surface area contributed by atoms with E-state index in [-0.39, 0.29) is 48.7 Å². The Labute approximate surface area is 183 Å². The van der Waals surface area contributed by atoms with E-state index in [0.717, 1.165) is 0 Å². The average Bonchev–Trinajstić information content (AvgIpc) is 2.71. The second-order valence-corrected chi connectivity index (χ2v) is 8.98. The van der Waals surface area contributed by atoms with Gasteiger partial charge in [-0.25, -0.2) is 13.2 Å². The molecular weight excluding hydrogens is 457 g/mol. The summed E-state index contributed by atoms with van der Waals surface area (Å²) in [7, 11) is -3.82. The van der Waals surface area contributed by atoms with Crippen LogP contribution in [-0.2, 0) is 19.6 Å².